The average molecular weight is 366 g/mol. The number of hydrogen-bond donors (Lipinski definition) is 2. The second-order valence-electron chi connectivity index (χ2n) is 5.30. The zero-order chi connectivity index (χ0) is 15.7. The molecule has 22 heavy (non-hydrogen) atoms. The molecule has 1 unspecified atom stereocenters. The zero-order valence-electron chi connectivity index (χ0n) is 12.0. The van der Waals surface area contributed by atoms with E-state index in [4.69, 9.17) is 9.88 Å². The summed E-state index contributed by atoms with van der Waals surface area (Å²) in [7, 11) is -3.71. The first kappa shape index (κ1) is 16.7. The molecule has 1 aromatic heterocycles. The number of hydrogen-bond acceptors (Lipinski definition) is 8. The van der Waals surface area contributed by atoms with Gasteiger partial charge in [0.05, 0.1) is 23.5 Å². The number of rotatable bonds is 4. The van der Waals surface area contributed by atoms with Gasteiger partial charge in [0.25, 0.3) is 0 Å². The van der Waals surface area contributed by atoms with Gasteiger partial charge in [0.2, 0.25) is 10.0 Å². The lowest BCUT2D eigenvalue weighted by atomic mass is 10.2. The third-order valence-electron chi connectivity index (χ3n) is 3.70. The lowest BCUT2D eigenvalue weighted by molar-refractivity contribution is 0.0351. The van der Waals surface area contributed by atoms with Crippen LogP contribution in [0.15, 0.2) is 14.5 Å². The van der Waals surface area contributed by atoms with E-state index in [1.54, 1.807) is 0 Å². The van der Waals surface area contributed by atoms with E-state index in [-0.39, 0.29) is 4.21 Å². The Morgan fingerprint density at radius 2 is 2.09 bits per heavy atom. The molecule has 0 amide bonds. The van der Waals surface area contributed by atoms with Gasteiger partial charge < -0.3 is 9.84 Å². The first-order chi connectivity index (χ1) is 10.4. The standard InChI is InChI=1S/C12H19N3O4S3/c13-22(17,18)11-7-9-10(16)8-15(21-12(9)20-11)2-1-14-3-5-19-6-4-14/h7,10,16H,1-6,8H2,(H2,13,17,18). The number of ether oxygens (including phenoxy) is 1. The Morgan fingerprint density at radius 3 is 2.77 bits per heavy atom. The maximum Gasteiger partial charge on any atom is 0.247 e. The highest BCUT2D eigenvalue weighted by atomic mass is 32.3. The minimum atomic E-state index is -3.71. The predicted octanol–water partition coefficient (Wildman–Crippen LogP) is 0.0838. The van der Waals surface area contributed by atoms with Crippen molar-refractivity contribution in [2.75, 3.05) is 45.9 Å². The molecule has 1 atom stereocenters. The minimum Gasteiger partial charge on any atom is -0.387 e. The lowest BCUT2D eigenvalue weighted by Crippen LogP contribution is -2.41. The summed E-state index contributed by atoms with van der Waals surface area (Å²) in [5.74, 6) is 0. The Balaban J connectivity index is 1.64. The topological polar surface area (TPSA) is 96.1 Å². The summed E-state index contributed by atoms with van der Waals surface area (Å²) in [5, 5.41) is 15.4. The molecule has 0 bridgehead atoms. The number of sulfonamides is 1. The number of morpholine rings is 1. The number of nitrogens with zero attached hydrogens (tertiary/aromatic N) is 2. The summed E-state index contributed by atoms with van der Waals surface area (Å²) < 4.78 is 31.2. The van der Waals surface area contributed by atoms with Crippen molar-refractivity contribution in [3.05, 3.63) is 11.6 Å². The van der Waals surface area contributed by atoms with Crippen molar-refractivity contribution in [1.82, 2.24) is 9.21 Å². The highest BCUT2D eigenvalue weighted by Crippen LogP contribution is 2.43. The molecule has 3 heterocycles. The van der Waals surface area contributed by atoms with E-state index < -0.39 is 16.1 Å². The van der Waals surface area contributed by atoms with Crippen molar-refractivity contribution < 1.29 is 18.3 Å². The van der Waals surface area contributed by atoms with Gasteiger partial charge in [-0.25, -0.2) is 17.9 Å². The molecule has 10 heteroatoms. The Hall–Kier alpha value is -0.200. The molecular weight excluding hydrogens is 346 g/mol. The van der Waals surface area contributed by atoms with E-state index in [9.17, 15) is 13.5 Å². The van der Waals surface area contributed by atoms with Crippen molar-refractivity contribution in [2.24, 2.45) is 5.14 Å². The molecule has 124 valence electrons. The van der Waals surface area contributed by atoms with Gasteiger partial charge in [-0.1, -0.05) is 0 Å². The van der Waals surface area contributed by atoms with Gasteiger partial charge in [-0.2, -0.15) is 0 Å². The SMILES string of the molecule is NS(=O)(=O)c1cc2c(s1)SN(CCN1CCOCC1)CC2O. The van der Waals surface area contributed by atoms with Crippen molar-refractivity contribution in [2.45, 2.75) is 14.5 Å². The molecule has 1 aromatic rings. The van der Waals surface area contributed by atoms with Crippen LogP contribution in [-0.2, 0) is 14.8 Å². The maximum absolute atomic E-state index is 11.4. The summed E-state index contributed by atoms with van der Waals surface area (Å²) >= 11 is 2.63. The molecule has 0 radical (unpaired) electrons. The van der Waals surface area contributed by atoms with Crippen molar-refractivity contribution in [1.29, 1.82) is 0 Å². The molecule has 0 spiro atoms. The van der Waals surface area contributed by atoms with Gasteiger partial charge in [-0.05, 0) is 18.0 Å². The number of nitrogens with two attached hydrogens (primary N) is 1. The van der Waals surface area contributed by atoms with Crippen molar-refractivity contribution in [3.63, 3.8) is 0 Å². The lowest BCUT2D eigenvalue weighted by Gasteiger charge is -2.32. The van der Waals surface area contributed by atoms with Crippen molar-refractivity contribution in [3.8, 4) is 0 Å². The fourth-order valence-corrected chi connectivity index (χ4v) is 5.97. The quantitative estimate of drug-likeness (QED) is 0.730. The predicted molar refractivity (Wildman–Crippen MR) is 85.3 cm³/mol. The van der Waals surface area contributed by atoms with Crippen LogP contribution in [0.25, 0.3) is 0 Å². The fraction of sp³-hybridized carbons (Fsp3) is 0.667. The Morgan fingerprint density at radius 1 is 1.36 bits per heavy atom. The third kappa shape index (κ3) is 3.82. The highest BCUT2D eigenvalue weighted by Gasteiger charge is 2.29. The first-order valence-corrected chi connectivity index (χ1v) is 10.1. The van der Waals surface area contributed by atoms with Gasteiger partial charge in [-0.3, -0.25) is 4.90 Å². The van der Waals surface area contributed by atoms with Gasteiger partial charge in [0.1, 0.15) is 4.21 Å². The van der Waals surface area contributed by atoms with Gasteiger partial charge in [-0.15, -0.1) is 11.3 Å². The maximum atomic E-state index is 11.4. The van der Waals surface area contributed by atoms with Crippen LogP contribution in [0.1, 0.15) is 11.7 Å². The van der Waals surface area contributed by atoms with Crippen LogP contribution in [0.5, 0.6) is 0 Å². The van der Waals surface area contributed by atoms with Gasteiger partial charge >= 0.3 is 0 Å². The van der Waals surface area contributed by atoms with Crippen molar-refractivity contribution >= 4 is 33.3 Å². The minimum absolute atomic E-state index is 0.110. The second-order valence-corrected chi connectivity index (χ2v) is 9.51. The fourth-order valence-electron chi connectivity index (χ4n) is 2.47. The molecule has 3 N–H and O–H groups in total. The summed E-state index contributed by atoms with van der Waals surface area (Å²) in [5.41, 5.74) is 0.668. The number of primary sulfonamides is 1. The van der Waals surface area contributed by atoms with Crippen LogP contribution in [-0.4, -0.2) is 68.7 Å². The molecule has 0 aliphatic carbocycles. The Labute approximate surface area is 138 Å². The molecule has 0 saturated carbocycles. The van der Waals surface area contributed by atoms with Crippen LogP contribution in [0.2, 0.25) is 0 Å². The molecular formula is C12H19N3O4S3. The number of aliphatic hydroxyl groups is 1. The molecule has 2 aliphatic rings. The Bertz CT molecular complexity index is 628. The number of fused-ring (bicyclic) bond motifs is 1. The van der Waals surface area contributed by atoms with E-state index in [1.807, 2.05) is 0 Å². The largest absolute Gasteiger partial charge is 0.387 e. The third-order valence-corrected chi connectivity index (χ3v) is 7.53. The van der Waals surface area contributed by atoms with E-state index in [2.05, 4.69) is 9.21 Å². The molecule has 1 fully saturated rings. The van der Waals surface area contributed by atoms with Crippen LogP contribution in [0.4, 0.5) is 0 Å². The van der Waals surface area contributed by atoms with Gasteiger partial charge in [0.15, 0.2) is 0 Å². The summed E-state index contributed by atoms with van der Waals surface area (Å²) in [4.78, 5) is 2.33. The summed E-state index contributed by atoms with van der Waals surface area (Å²) in [6.07, 6.45) is -0.673. The van der Waals surface area contributed by atoms with E-state index in [0.717, 1.165) is 54.9 Å². The first-order valence-electron chi connectivity index (χ1n) is 7.01. The molecule has 2 aliphatic heterocycles. The smallest absolute Gasteiger partial charge is 0.247 e. The van der Waals surface area contributed by atoms with E-state index >= 15 is 0 Å². The molecule has 3 rings (SSSR count). The summed E-state index contributed by atoms with van der Waals surface area (Å²) in [6.45, 7) is 5.60. The number of thiophene rings is 1. The number of β-amino-alcohol motifs (C(OH)–C–C–N with tert-alkyl or cyclic N) is 1. The summed E-state index contributed by atoms with van der Waals surface area (Å²) in [6, 6.07) is 1.49. The van der Waals surface area contributed by atoms with Crippen LogP contribution >= 0.6 is 23.3 Å². The van der Waals surface area contributed by atoms with Crippen LogP contribution in [0, 0.1) is 0 Å². The normalized spacial score (nSPS) is 24.4. The average Bonchev–Trinajstić information content (AvgIpc) is 2.91. The second kappa shape index (κ2) is 6.73. The van der Waals surface area contributed by atoms with Gasteiger partial charge in [0, 0.05) is 38.3 Å². The monoisotopic (exact) mass is 365 g/mol. The van der Waals surface area contributed by atoms with E-state index in [1.165, 1.54) is 18.0 Å². The molecule has 0 aromatic carbocycles. The molecule has 7 nitrogen and oxygen atoms in total. The highest BCUT2D eigenvalue weighted by molar-refractivity contribution is 7.99. The van der Waals surface area contributed by atoms with Crippen LogP contribution < -0.4 is 5.14 Å². The zero-order valence-corrected chi connectivity index (χ0v) is 14.4. The van der Waals surface area contributed by atoms with Crippen LogP contribution in [0.3, 0.4) is 0 Å². The van der Waals surface area contributed by atoms with E-state index in [0.29, 0.717) is 12.1 Å². The molecule has 1 saturated heterocycles. The number of aliphatic hydroxyl groups excluding tert-OH is 1. The Kier molecular flexibility index (Phi) is 5.10.